The van der Waals surface area contributed by atoms with Crippen LogP contribution in [0, 0.1) is 0 Å². The third-order valence-electron chi connectivity index (χ3n) is 1.06. The second-order valence-corrected chi connectivity index (χ2v) is 4.69. The molecule has 0 spiro atoms. The SMILES string of the molecule is C[O-].C[O-].[CH3][Sn+2][c]1ccccc1. The van der Waals surface area contributed by atoms with Gasteiger partial charge in [-0.2, -0.15) is 14.2 Å². The zero-order valence-electron chi connectivity index (χ0n) is 7.70. The molecule has 0 radical (unpaired) electrons. The quantitative estimate of drug-likeness (QED) is 0.617. The molecule has 0 aromatic heterocycles. The first-order valence-electron chi connectivity index (χ1n) is 3.48. The standard InChI is InChI=1S/C6H5.2CH3O.CH3.Sn/c1-2-4-6-5-3-1;2*1-2;;/h1-5H;2*1H3;1H3;/q;2*-1;;+2. The molecule has 66 valence electrons. The molecule has 1 aromatic carbocycles. The molecule has 3 heteroatoms. The van der Waals surface area contributed by atoms with E-state index in [2.05, 4.69) is 35.3 Å². The van der Waals surface area contributed by atoms with Gasteiger partial charge in [-0.15, -0.1) is 0 Å². The topological polar surface area (TPSA) is 46.1 Å². The van der Waals surface area contributed by atoms with E-state index in [1.165, 1.54) is 0 Å². The number of hydrogen-bond acceptors (Lipinski definition) is 2. The molecule has 0 fully saturated rings. The summed E-state index contributed by atoms with van der Waals surface area (Å²) in [6, 6.07) is 10.7. The average molecular weight is 273 g/mol. The van der Waals surface area contributed by atoms with Crippen LogP contribution >= 0.6 is 0 Å². The monoisotopic (exact) mass is 274 g/mol. The molecule has 12 heavy (non-hydrogen) atoms. The minimum atomic E-state index is -0.144. The Kier molecular flexibility index (Phi) is 16.3. The van der Waals surface area contributed by atoms with Crippen LogP contribution in [0.3, 0.4) is 0 Å². The molecular formula is C9H14O2Sn. The molecule has 0 saturated heterocycles. The Hall–Kier alpha value is -0.0613. The van der Waals surface area contributed by atoms with Gasteiger partial charge in [-0.3, -0.25) is 0 Å². The van der Waals surface area contributed by atoms with Crippen LogP contribution in [0.1, 0.15) is 0 Å². The molecule has 0 N–H and O–H groups in total. The first-order valence-corrected chi connectivity index (χ1v) is 7.76. The molecule has 0 aliphatic carbocycles. The molecule has 0 unspecified atom stereocenters. The molecule has 0 amide bonds. The summed E-state index contributed by atoms with van der Waals surface area (Å²) >= 11 is -0.144. The van der Waals surface area contributed by atoms with Crippen molar-refractivity contribution in [1.29, 1.82) is 0 Å². The van der Waals surface area contributed by atoms with Gasteiger partial charge < -0.3 is 10.2 Å². The van der Waals surface area contributed by atoms with Crippen LogP contribution in [0.5, 0.6) is 0 Å². The van der Waals surface area contributed by atoms with E-state index in [1.54, 1.807) is 3.58 Å². The summed E-state index contributed by atoms with van der Waals surface area (Å²) in [6.45, 7) is 0. The van der Waals surface area contributed by atoms with E-state index < -0.39 is 0 Å². The molecular weight excluding hydrogens is 259 g/mol. The van der Waals surface area contributed by atoms with E-state index in [0.717, 1.165) is 14.2 Å². The number of hydrogen-bond donors (Lipinski definition) is 0. The summed E-state index contributed by atoms with van der Waals surface area (Å²) < 4.78 is 1.58. The van der Waals surface area contributed by atoms with Gasteiger partial charge in [0.05, 0.1) is 0 Å². The van der Waals surface area contributed by atoms with Gasteiger partial charge in [-0.25, -0.2) is 0 Å². The van der Waals surface area contributed by atoms with E-state index in [9.17, 15) is 0 Å². The fourth-order valence-electron chi connectivity index (χ4n) is 0.605. The second-order valence-electron chi connectivity index (χ2n) is 1.62. The summed E-state index contributed by atoms with van der Waals surface area (Å²) in [5, 5.41) is 16.5. The van der Waals surface area contributed by atoms with Crippen molar-refractivity contribution in [2.75, 3.05) is 14.2 Å². The molecule has 0 atom stereocenters. The Bertz CT molecular complexity index is 154. The van der Waals surface area contributed by atoms with Gasteiger partial charge >= 0.3 is 60.0 Å². The minimum absolute atomic E-state index is 0.144. The Morgan fingerprint density at radius 3 is 1.58 bits per heavy atom. The zero-order chi connectivity index (χ0) is 9.82. The fourth-order valence-corrected chi connectivity index (χ4v) is 2.11. The zero-order valence-corrected chi connectivity index (χ0v) is 10.6. The van der Waals surface area contributed by atoms with Crippen molar-refractivity contribution in [3.05, 3.63) is 30.3 Å². The van der Waals surface area contributed by atoms with Crippen molar-refractivity contribution in [2.24, 2.45) is 0 Å². The van der Waals surface area contributed by atoms with E-state index in [-0.39, 0.29) is 21.1 Å². The number of benzene rings is 1. The first kappa shape index (κ1) is 14.5. The van der Waals surface area contributed by atoms with Crippen LogP contribution in [-0.4, -0.2) is 35.4 Å². The van der Waals surface area contributed by atoms with Gasteiger partial charge in [-0.1, -0.05) is 0 Å². The summed E-state index contributed by atoms with van der Waals surface area (Å²) in [5.41, 5.74) is 0. The van der Waals surface area contributed by atoms with Crippen LogP contribution in [0.15, 0.2) is 30.3 Å². The molecule has 1 aromatic rings. The second kappa shape index (κ2) is 13.5. The fraction of sp³-hybridized carbons (Fsp3) is 0.333. The Morgan fingerprint density at radius 2 is 1.33 bits per heavy atom. The average Bonchev–Trinajstić information content (AvgIpc) is 2.25. The van der Waals surface area contributed by atoms with Gasteiger partial charge in [0, 0.05) is 0 Å². The van der Waals surface area contributed by atoms with E-state index in [0.29, 0.717) is 0 Å². The van der Waals surface area contributed by atoms with Crippen molar-refractivity contribution in [3.8, 4) is 0 Å². The normalized spacial score (nSPS) is 6.42. The molecule has 0 aliphatic rings. The molecule has 0 aliphatic heterocycles. The summed E-state index contributed by atoms with van der Waals surface area (Å²) in [7, 11) is 1.50. The molecule has 0 bridgehead atoms. The summed E-state index contributed by atoms with van der Waals surface area (Å²) in [4.78, 5) is 2.33. The maximum absolute atomic E-state index is 8.25. The van der Waals surface area contributed by atoms with Crippen LogP contribution < -0.4 is 13.8 Å². The predicted octanol–water partition coefficient (Wildman–Crippen LogP) is -0.983. The Morgan fingerprint density at radius 1 is 0.917 bits per heavy atom. The molecule has 2 nitrogen and oxygen atoms in total. The van der Waals surface area contributed by atoms with Crippen LogP contribution in [0.2, 0.25) is 4.94 Å². The Balaban J connectivity index is 0. The predicted molar refractivity (Wildman–Crippen MR) is 49.5 cm³/mol. The summed E-state index contributed by atoms with van der Waals surface area (Å²) in [6.07, 6.45) is 0. The van der Waals surface area contributed by atoms with E-state index in [1.807, 2.05) is 0 Å². The first-order chi connectivity index (χ1) is 5.93. The van der Waals surface area contributed by atoms with Gasteiger partial charge in [0.1, 0.15) is 0 Å². The molecule has 1 rings (SSSR count). The van der Waals surface area contributed by atoms with Gasteiger partial charge in [0.25, 0.3) is 0 Å². The van der Waals surface area contributed by atoms with Crippen LogP contribution in [0.25, 0.3) is 0 Å². The van der Waals surface area contributed by atoms with Crippen molar-refractivity contribution < 1.29 is 10.2 Å². The van der Waals surface area contributed by atoms with Crippen molar-refractivity contribution in [1.82, 2.24) is 0 Å². The van der Waals surface area contributed by atoms with Gasteiger partial charge in [0.2, 0.25) is 0 Å². The maximum atomic E-state index is 8.25. The number of rotatable bonds is 1. The van der Waals surface area contributed by atoms with E-state index >= 15 is 0 Å². The van der Waals surface area contributed by atoms with E-state index in [4.69, 9.17) is 10.2 Å². The van der Waals surface area contributed by atoms with Crippen LogP contribution in [-0.2, 0) is 0 Å². The van der Waals surface area contributed by atoms with Gasteiger partial charge in [-0.05, 0) is 0 Å². The molecule has 0 heterocycles. The summed E-state index contributed by atoms with van der Waals surface area (Å²) in [5.74, 6) is 0. The molecule has 0 saturated carbocycles. The van der Waals surface area contributed by atoms with Crippen molar-refractivity contribution in [3.63, 3.8) is 0 Å². The van der Waals surface area contributed by atoms with Gasteiger partial charge in [0.15, 0.2) is 0 Å². The third-order valence-corrected chi connectivity index (χ3v) is 3.66. The van der Waals surface area contributed by atoms with Crippen molar-refractivity contribution >= 4 is 24.7 Å². The van der Waals surface area contributed by atoms with Crippen molar-refractivity contribution in [2.45, 2.75) is 4.94 Å². The third kappa shape index (κ3) is 8.04. The Labute approximate surface area is 84.5 Å². The van der Waals surface area contributed by atoms with Crippen LogP contribution in [0.4, 0.5) is 0 Å².